The van der Waals surface area contributed by atoms with E-state index in [-0.39, 0.29) is 16.7 Å². The maximum atomic E-state index is 11.5. The number of hydrogen-bond donors (Lipinski definition) is 0. The van der Waals surface area contributed by atoms with Crippen LogP contribution >= 0.6 is 11.3 Å². The van der Waals surface area contributed by atoms with Gasteiger partial charge in [-0.25, -0.2) is 9.99 Å². The molecule has 0 N–H and O–H groups in total. The molecule has 176 valence electrons. The Hall–Kier alpha value is -3.84. The normalized spacial score (nSPS) is 15.4. The van der Waals surface area contributed by atoms with Gasteiger partial charge in [0, 0.05) is 35.1 Å². The van der Waals surface area contributed by atoms with E-state index in [9.17, 15) is 10.1 Å². The Morgan fingerprint density at radius 2 is 1.77 bits per heavy atom. The van der Waals surface area contributed by atoms with Gasteiger partial charge in [0.1, 0.15) is 0 Å². The van der Waals surface area contributed by atoms with E-state index < -0.39 is 0 Å². The molecule has 0 spiro atoms. The lowest BCUT2D eigenvalue weighted by Crippen LogP contribution is -2.18. The minimum atomic E-state index is -0.351. The monoisotopic (exact) mass is 482 g/mol. The second kappa shape index (κ2) is 9.07. The van der Waals surface area contributed by atoms with Gasteiger partial charge in [-0.05, 0) is 62.1 Å². The smallest absolute Gasteiger partial charge is 0.258 e. The van der Waals surface area contributed by atoms with Crippen molar-refractivity contribution in [3.63, 3.8) is 0 Å². The highest BCUT2D eigenvalue weighted by atomic mass is 32.1. The van der Waals surface area contributed by atoms with Gasteiger partial charge in [-0.2, -0.15) is 5.10 Å². The van der Waals surface area contributed by atoms with E-state index in [1.165, 1.54) is 34.1 Å². The van der Waals surface area contributed by atoms with Gasteiger partial charge in [0.25, 0.3) is 5.69 Å². The third kappa shape index (κ3) is 4.47. The number of aromatic nitrogens is 1. The van der Waals surface area contributed by atoms with E-state index in [4.69, 9.17) is 10.1 Å². The molecule has 2 heterocycles. The van der Waals surface area contributed by atoms with Crippen LogP contribution in [0.1, 0.15) is 45.8 Å². The van der Waals surface area contributed by atoms with Crippen LogP contribution in [0.5, 0.6) is 0 Å². The lowest BCUT2D eigenvalue weighted by atomic mass is 9.95. The molecule has 1 atom stereocenters. The highest BCUT2D eigenvalue weighted by molar-refractivity contribution is 7.14. The quantitative estimate of drug-likeness (QED) is 0.221. The first-order chi connectivity index (χ1) is 16.8. The average Bonchev–Trinajstić information content (AvgIpc) is 3.50. The Bertz CT molecular complexity index is 1470. The highest BCUT2D eigenvalue weighted by Gasteiger charge is 2.33. The molecule has 1 unspecified atom stereocenters. The first-order valence-electron chi connectivity index (χ1n) is 11.5. The van der Waals surface area contributed by atoms with Crippen molar-refractivity contribution in [1.29, 1.82) is 0 Å². The van der Waals surface area contributed by atoms with Crippen LogP contribution in [0, 0.1) is 37.8 Å². The van der Waals surface area contributed by atoms with Crippen molar-refractivity contribution in [3.05, 3.63) is 110 Å². The highest BCUT2D eigenvalue weighted by Crippen LogP contribution is 2.40. The summed E-state index contributed by atoms with van der Waals surface area (Å²) in [7, 11) is 0. The molecule has 0 aliphatic carbocycles. The number of benzene rings is 3. The van der Waals surface area contributed by atoms with E-state index in [0.717, 1.165) is 38.8 Å². The van der Waals surface area contributed by atoms with Crippen molar-refractivity contribution in [1.82, 2.24) is 4.98 Å². The summed E-state index contributed by atoms with van der Waals surface area (Å²) in [4.78, 5) is 16.0. The number of anilines is 1. The van der Waals surface area contributed by atoms with Crippen LogP contribution in [-0.2, 0) is 0 Å². The van der Waals surface area contributed by atoms with Crippen LogP contribution in [0.25, 0.3) is 11.3 Å². The molecule has 1 aliphatic heterocycles. The molecule has 4 aromatic rings. The van der Waals surface area contributed by atoms with Gasteiger partial charge in [0.2, 0.25) is 5.13 Å². The lowest BCUT2D eigenvalue weighted by Gasteiger charge is -2.21. The molecular formula is C28H26N4O2S. The van der Waals surface area contributed by atoms with Crippen molar-refractivity contribution in [3.8, 4) is 11.3 Å². The van der Waals surface area contributed by atoms with Crippen molar-refractivity contribution < 1.29 is 4.92 Å². The fourth-order valence-electron chi connectivity index (χ4n) is 4.40. The Morgan fingerprint density at radius 3 is 2.54 bits per heavy atom. The molecule has 35 heavy (non-hydrogen) atoms. The molecular weight excluding hydrogens is 456 g/mol. The Labute approximate surface area is 208 Å². The number of non-ortho nitro benzene ring substituents is 1. The van der Waals surface area contributed by atoms with Gasteiger partial charge in [0.15, 0.2) is 0 Å². The number of nitrogens with zero attached hydrogens (tertiary/aromatic N) is 4. The van der Waals surface area contributed by atoms with E-state index >= 15 is 0 Å². The summed E-state index contributed by atoms with van der Waals surface area (Å²) in [6.07, 6.45) is 0.643. The fourth-order valence-corrected chi connectivity index (χ4v) is 5.24. The summed E-state index contributed by atoms with van der Waals surface area (Å²) >= 11 is 1.54. The van der Waals surface area contributed by atoms with Crippen molar-refractivity contribution in [2.45, 2.75) is 40.2 Å². The minimum Gasteiger partial charge on any atom is -0.258 e. The van der Waals surface area contributed by atoms with Crippen molar-refractivity contribution in [2.75, 3.05) is 5.01 Å². The maximum absolute atomic E-state index is 11.5. The molecule has 3 aromatic carbocycles. The van der Waals surface area contributed by atoms with Crippen molar-refractivity contribution >= 4 is 27.9 Å². The zero-order valence-electron chi connectivity index (χ0n) is 20.1. The van der Waals surface area contributed by atoms with Crippen molar-refractivity contribution in [2.24, 2.45) is 5.10 Å². The first kappa shape index (κ1) is 22.9. The molecule has 0 fully saturated rings. The maximum Gasteiger partial charge on any atom is 0.269 e. The third-order valence-electron chi connectivity index (χ3n) is 6.57. The largest absolute Gasteiger partial charge is 0.269 e. The summed E-state index contributed by atoms with van der Waals surface area (Å²) in [5, 5.41) is 21.2. The number of nitro benzene ring substituents is 1. The molecule has 0 radical (unpaired) electrons. The standard InChI is InChI=1S/C28H26N4O2S/c1-17-8-9-19(3)24(12-17)25-15-27(22-6-5-7-23(14-22)32(33)34)31(30-25)28-29-26(16-35-28)21-11-10-18(2)20(4)13-21/h5-14,16,27H,15H2,1-4H3. The fraction of sp³-hybridized carbons (Fsp3) is 0.214. The first-order valence-corrected chi connectivity index (χ1v) is 12.4. The SMILES string of the molecule is Cc1ccc(C)c(C2=NN(c3nc(-c4ccc(C)c(C)c4)cs3)C(c3cccc([N+](=O)[O-])c3)C2)c1. The van der Waals surface area contributed by atoms with Crippen LogP contribution in [0.15, 0.2) is 71.1 Å². The van der Waals surface area contributed by atoms with Gasteiger partial charge in [-0.3, -0.25) is 10.1 Å². The predicted molar refractivity (Wildman–Crippen MR) is 142 cm³/mol. The molecule has 0 saturated heterocycles. The van der Waals surface area contributed by atoms with Crippen LogP contribution in [0.2, 0.25) is 0 Å². The lowest BCUT2D eigenvalue weighted by molar-refractivity contribution is -0.384. The summed E-state index contributed by atoms with van der Waals surface area (Å²) < 4.78 is 0. The van der Waals surface area contributed by atoms with E-state index in [1.807, 2.05) is 11.1 Å². The van der Waals surface area contributed by atoms with Crippen LogP contribution in [-0.4, -0.2) is 15.6 Å². The molecule has 0 bridgehead atoms. The number of hydrazone groups is 1. The van der Waals surface area contributed by atoms with E-state index in [1.54, 1.807) is 12.1 Å². The zero-order valence-corrected chi connectivity index (χ0v) is 21.0. The summed E-state index contributed by atoms with van der Waals surface area (Å²) in [6.45, 7) is 8.36. The second-order valence-electron chi connectivity index (χ2n) is 9.10. The Balaban J connectivity index is 1.58. The minimum absolute atomic E-state index is 0.0811. The summed E-state index contributed by atoms with van der Waals surface area (Å²) in [5.41, 5.74) is 9.78. The average molecular weight is 483 g/mol. The molecule has 6 nitrogen and oxygen atoms in total. The number of rotatable bonds is 5. The Kier molecular flexibility index (Phi) is 5.94. The van der Waals surface area contributed by atoms with Crippen LogP contribution in [0.4, 0.5) is 10.8 Å². The number of thiazole rings is 1. The predicted octanol–water partition coefficient (Wildman–Crippen LogP) is 7.31. The van der Waals surface area contributed by atoms with Gasteiger partial charge < -0.3 is 0 Å². The van der Waals surface area contributed by atoms with Gasteiger partial charge in [0.05, 0.1) is 22.4 Å². The zero-order chi connectivity index (χ0) is 24.7. The molecule has 5 rings (SSSR count). The molecule has 0 amide bonds. The number of nitro groups is 1. The van der Waals surface area contributed by atoms with E-state index in [2.05, 4.69) is 69.5 Å². The molecule has 1 aliphatic rings. The topological polar surface area (TPSA) is 71.6 Å². The Morgan fingerprint density at radius 1 is 0.971 bits per heavy atom. The molecule has 0 saturated carbocycles. The second-order valence-corrected chi connectivity index (χ2v) is 9.93. The molecule has 1 aromatic heterocycles. The number of hydrogen-bond acceptors (Lipinski definition) is 6. The summed E-state index contributed by atoms with van der Waals surface area (Å²) in [5.74, 6) is 0. The van der Waals surface area contributed by atoms with Gasteiger partial charge in [-0.1, -0.05) is 42.0 Å². The third-order valence-corrected chi connectivity index (χ3v) is 7.40. The van der Waals surface area contributed by atoms with Gasteiger partial charge in [-0.15, -0.1) is 11.3 Å². The molecule has 7 heteroatoms. The van der Waals surface area contributed by atoms with Crippen LogP contribution < -0.4 is 5.01 Å². The van der Waals surface area contributed by atoms with E-state index in [0.29, 0.717) is 6.42 Å². The summed E-state index contributed by atoms with van der Waals surface area (Å²) in [6, 6.07) is 19.4. The van der Waals surface area contributed by atoms with Gasteiger partial charge >= 0.3 is 0 Å². The number of aryl methyl sites for hydroxylation is 4. The van der Waals surface area contributed by atoms with Crippen LogP contribution in [0.3, 0.4) is 0 Å².